The van der Waals surface area contributed by atoms with Crippen LogP contribution in [0.5, 0.6) is 5.75 Å². The molecule has 0 radical (unpaired) electrons. The first-order chi connectivity index (χ1) is 13.5. The largest absolute Gasteiger partial charge is 0.497 e. The van der Waals surface area contributed by atoms with E-state index in [4.69, 9.17) is 32.4 Å². The van der Waals surface area contributed by atoms with Crippen LogP contribution in [0.4, 0.5) is 10.5 Å². The maximum Gasteiger partial charge on any atom is 0.322 e. The van der Waals surface area contributed by atoms with Gasteiger partial charge in [-0.15, -0.1) is 0 Å². The smallest absolute Gasteiger partial charge is 0.322 e. The summed E-state index contributed by atoms with van der Waals surface area (Å²) in [6.07, 6.45) is 2.18. The molecule has 0 atom stereocenters. The van der Waals surface area contributed by atoms with Gasteiger partial charge in [0.2, 0.25) is 0 Å². The standard InChI is InChI=1S/C21H20Cl2N2O3/c1-27-18-8-6-17(7-9-18)24-21(26)25(14-19-3-2-12-28-19)11-10-15-4-5-16(22)13-20(15)23/h2-9,12-13H,10-11,14H2,1H3,(H,24,26). The maximum absolute atomic E-state index is 12.8. The molecule has 7 heteroatoms. The highest BCUT2D eigenvalue weighted by atomic mass is 35.5. The third kappa shape index (κ3) is 5.44. The average Bonchev–Trinajstić information content (AvgIpc) is 3.20. The molecule has 28 heavy (non-hydrogen) atoms. The number of ether oxygens (including phenoxy) is 1. The molecule has 0 aliphatic heterocycles. The van der Waals surface area contributed by atoms with E-state index in [2.05, 4.69) is 5.32 Å². The van der Waals surface area contributed by atoms with Crippen LogP contribution in [-0.4, -0.2) is 24.6 Å². The van der Waals surface area contributed by atoms with E-state index in [-0.39, 0.29) is 6.03 Å². The predicted octanol–water partition coefficient (Wildman–Crippen LogP) is 5.87. The van der Waals surface area contributed by atoms with Crippen molar-refractivity contribution in [1.82, 2.24) is 4.90 Å². The van der Waals surface area contributed by atoms with Crippen molar-refractivity contribution in [3.63, 3.8) is 0 Å². The van der Waals surface area contributed by atoms with Crippen molar-refractivity contribution in [3.8, 4) is 5.75 Å². The van der Waals surface area contributed by atoms with E-state index in [1.165, 1.54) is 0 Å². The minimum atomic E-state index is -0.230. The van der Waals surface area contributed by atoms with E-state index in [9.17, 15) is 4.79 Å². The van der Waals surface area contributed by atoms with Gasteiger partial charge in [-0.05, 0) is 60.5 Å². The molecule has 146 valence electrons. The minimum absolute atomic E-state index is 0.230. The second kappa shape index (κ2) is 9.53. The number of nitrogens with zero attached hydrogens (tertiary/aromatic N) is 1. The number of rotatable bonds is 7. The van der Waals surface area contributed by atoms with Crippen molar-refractivity contribution in [2.45, 2.75) is 13.0 Å². The van der Waals surface area contributed by atoms with E-state index >= 15 is 0 Å². The van der Waals surface area contributed by atoms with E-state index in [1.54, 1.807) is 60.7 Å². The lowest BCUT2D eigenvalue weighted by atomic mass is 10.1. The molecule has 0 saturated heterocycles. The third-order valence-corrected chi connectivity index (χ3v) is 4.81. The summed E-state index contributed by atoms with van der Waals surface area (Å²) in [5.74, 6) is 1.43. The molecule has 0 unspecified atom stereocenters. The SMILES string of the molecule is COc1ccc(NC(=O)N(CCc2ccc(Cl)cc2Cl)Cc2ccco2)cc1. The topological polar surface area (TPSA) is 54.7 Å². The predicted molar refractivity (Wildman–Crippen MR) is 111 cm³/mol. The first kappa shape index (κ1) is 20.1. The van der Waals surface area contributed by atoms with E-state index in [1.807, 2.05) is 12.1 Å². The van der Waals surface area contributed by atoms with Crippen LogP contribution < -0.4 is 10.1 Å². The summed E-state index contributed by atoms with van der Waals surface area (Å²) in [5, 5.41) is 4.07. The van der Waals surface area contributed by atoms with Crippen LogP contribution in [0, 0.1) is 0 Å². The van der Waals surface area contributed by atoms with Crippen molar-refractivity contribution in [3.05, 3.63) is 82.2 Å². The Morgan fingerprint density at radius 1 is 1.14 bits per heavy atom. The zero-order valence-corrected chi connectivity index (χ0v) is 16.8. The molecule has 0 spiro atoms. The lowest BCUT2D eigenvalue weighted by Gasteiger charge is -2.22. The number of hydrogen-bond acceptors (Lipinski definition) is 3. The van der Waals surface area contributed by atoms with Gasteiger partial charge in [0.25, 0.3) is 0 Å². The summed E-state index contributed by atoms with van der Waals surface area (Å²) >= 11 is 12.2. The molecule has 2 amide bonds. The van der Waals surface area contributed by atoms with Gasteiger partial charge in [0, 0.05) is 22.3 Å². The minimum Gasteiger partial charge on any atom is -0.497 e. The molecule has 1 N–H and O–H groups in total. The number of furan rings is 1. The first-order valence-electron chi connectivity index (χ1n) is 8.71. The van der Waals surface area contributed by atoms with Crippen molar-refractivity contribution in [1.29, 1.82) is 0 Å². The molecule has 3 aromatic rings. The molecule has 0 aliphatic carbocycles. The second-order valence-corrected chi connectivity index (χ2v) is 6.99. The quantitative estimate of drug-likeness (QED) is 0.521. The molecule has 0 aliphatic rings. The summed E-state index contributed by atoms with van der Waals surface area (Å²) in [7, 11) is 1.60. The van der Waals surface area contributed by atoms with E-state index in [0.717, 1.165) is 11.3 Å². The Balaban J connectivity index is 1.70. The van der Waals surface area contributed by atoms with Crippen LogP contribution in [0.2, 0.25) is 10.0 Å². The van der Waals surface area contributed by atoms with Gasteiger partial charge in [0.05, 0.1) is 19.9 Å². The summed E-state index contributed by atoms with van der Waals surface area (Å²) in [5.41, 5.74) is 1.60. The van der Waals surface area contributed by atoms with Gasteiger partial charge in [-0.25, -0.2) is 4.79 Å². The van der Waals surface area contributed by atoms with Crippen molar-refractivity contribution < 1.29 is 13.9 Å². The van der Waals surface area contributed by atoms with Gasteiger partial charge < -0.3 is 19.4 Å². The fourth-order valence-corrected chi connectivity index (χ4v) is 3.20. The summed E-state index contributed by atoms with van der Waals surface area (Å²) in [4.78, 5) is 14.5. The fraction of sp³-hybridized carbons (Fsp3) is 0.190. The number of hydrogen-bond donors (Lipinski definition) is 1. The zero-order chi connectivity index (χ0) is 19.9. The first-order valence-corrected chi connectivity index (χ1v) is 9.47. The summed E-state index contributed by atoms with van der Waals surface area (Å²) in [6, 6.07) is 15.9. The lowest BCUT2D eigenvalue weighted by molar-refractivity contribution is 0.205. The lowest BCUT2D eigenvalue weighted by Crippen LogP contribution is -2.36. The molecule has 0 fully saturated rings. The van der Waals surface area contributed by atoms with Gasteiger partial charge in [0.15, 0.2) is 0 Å². The highest BCUT2D eigenvalue weighted by Crippen LogP contribution is 2.22. The Labute approximate surface area is 173 Å². The number of urea groups is 1. The van der Waals surface area contributed by atoms with Crippen molar-refractivity contribution >= 4 is 34.9 Å². The molecule has 5 nitrogen and oxygen atoms in total. The summed E-state index contributed by atoms with van der Waals surface area (Å²) in [6.45, 7) is 0.810. The Morgan fingerprint density at radius 2 is 1.93 bits per heavy atom. The van der Waals surface area contributed by atoms with E-state index in [0.29, 0.717) is 41.0 Å². The number of amides is 2. The van der Waals surface area contributed by atoms with Crippen LogP contribution in [0.15, 0.2) is 65.3 Å². The van der Waals surface area contributed by atoms with Crippen LogP contribution in [0.3, 0.4) is 0 Å². The zero-order valence-electron chi connectivity index (χ0n) is 15.3. The Bertz CT molecular complexity index is 912. The highest BCUT2D eigenvalue weighted by Gasteiger charge is 2.16. The highest BCUT2D eigenvalue weighted by molar-refractivity contribution is 6.35. The van der Waals surface area contributed by atoms with Gasteiger partial charge in [-0.2, -0.15) is 0 Å². The average molecular weight is 419 g/mol. The molecule has 2 aromatic carbocycles. The maximum atomic E-state index is 12.8. The number of benzene rings is 2. The summed E-state index contributed by atoms with van der Waals surface area (Å²) < 4.78 is 10.5. The molecule has 1 aromatic heterocycles. The van der Waals surface area contributed by atoms with Crippen LogP contribution >= 0.6 is 23.2 Å². The van der Waals surface area contributed by atoms with Gasteiger partial charge in [-0.1, -0.05) is 29.3 Å². The number of anilines is 1. The molecular weight excluding hydrogens is 399 g/mol. The molecule has 1 heterocycles. The van der Waals surface area contributed by atoms with Crippen LogP contribution in [0.25, 0.3) is 0 Å². The number of carbonyl (C=O) groups is 1. The third-order valence-electron chi connectivity index (χ3n) is 4.22. The van der Waals surface area contributed by atoms with Crippen molar-refractivity contribution in [2.75, 3.05) is 19.0 Å². The van der Waals surface area contributed by atoms with Gasteiger partial charge in [-0.3, -0.25) is 0 Å². The fourth-order valence-electron chi connectivity index (χ4n) is 2.70. The Hall–Kier alpha value is -2.63. The molecule has 0 saturated carbocycles. The molecular formula is C21H20Cl2N2O3. The normalized spacial score (nSPS) is 10.5. The Morgan fingerprint density at radius 3 is 2.57 bits per heavy atom. The molecule has 0 bridgehead atoms. The number of halogens is 2. The van der Waals surface area contributed by atoms with Gasteiger partial charge >= 0.3 is 6.03 Å². The van der Waals surface area contributed by atoms with Crippen molar-refractivity contribution in [2.24, 2.45) is 0 Å². The monoisotopic (exact) mass is 418 g/mol. The van der Waals surface area contributed by atoms with Gasteiger partial charge in [0.1, 0.15) is 11.5 Å². The number of nitrogens with one attached hydrogen (secondary N) is 1. The number of carbonyl (C=O) groups excluding carboxylic acids is 1. The molecule has 3 rings (SSSR count). The van der Waals surface area contributed by atoms with E-state index < -0.39 is 0 Å². The number of methoxy groups -OCH3 is 1. The Kier molecular flexibility index (Phi) is 6.85. The van der Waals surface area contributed by atoms with Crippen LogP contribution in [-0.2, 0) is 13.0 Å². The van der Waals surface area contributed by atoms with Crippen LogP contribution in [0.1, 0.15) is 11.3 Å². The second-order valence-electron chi connectivity index (χ2n) is 6.15.